The summed E-state index contributed by atoms with van der Waals surface area (Å²) in [6.07, 6.45) is 10.7. The minimum Gasteiger partial charge on any atom is -0.292 e. The molecule has 0 amide bonds. The van der Waals surface area contributed by atoms with Gasteiger partial charge >= 0.3 is 0 Å². The van der Waals surface area contributed by atoms with E-state index in [1.165, 1.54) is 87.8 Å². The molecule has 0 aliphatic rings. The van der Waals surface area contributed by atoms with Crippen molar-refractivity contribution in [3.05, 3.63) is 0 Å². The molecule has 122 valence electrons. The van der Waals surface area contributed by atoms with Crippen molar-refractivity contribution < 1.29 is 0 Å². The van der Waals surface area contributed by atoms with Gasteiger partial charge in [-0.3, -0.25) is 9.80 Å². The lowest BCUT2D eigenvalue weighted by Crippen LogP contribution is -2.50. The first kappa shape index (κ1) is 20.1. The maximum Gasteiger partial charge on any atom is 0.0428 e. The van der Waals surface area contributed by atoms with Gasteiger partial charge in [0, 0.05) is 16.0 Å². The van der Waals surface area contributed by atoms with Crippen molar-refractivity contribution in [1.29, 1.82) is 0 Å². The van der Waals surface area contributed by atoms with Gasteiger partial charge < -0.3 is 0 Å². The monoisotopic (exact) mass is 300 g/mol. The molecule has 0 unspecified atom stereocenters. The zero-order valence-electron chi connectivity index (χ0n) is 15.0. The molecule has 0 heterocycles. The molecule has 0 aliphatic heterocycles. The Morgan fingerprint density at radius 1 is 0.600 bits per heavy atom. The molecule has 0 aliphatic carbocycles. The summed E-state index contributed by atoms with van der Waals surface area (Å²) >= 11 is 0. The molecule has 3 heteroatoms. The average molecular weight is 301 g/mol. The summed E-state index contributed by atoms with van der Waals surface area (Å²) in [6, 6.07) is 0. The normalized spacial score (nSPS) is 12.2. The fraction of sp³-hybridized carbons (Fsp3) is 1.00. The van der Waals surface area contributed by atoms with E-state index in [-0.39, 0.29) is 0 Å². The van der Waals surface area contributed by atoms with E-state index in [4.69, 9.17) is 0 Å². The summed E-state index contributed by atoms with van der Waals surface area (Å²) in [5, 5.41) is 0. The number of hydrogen-bond donors (Lipinski definition) is 0. The van der Waals surface area contributed by atoms with Crippen LogP contribution in [0.2, 0.25) is 0 Å². The maximum absolute atomic E-state index is 2.78. The van der Waals surface area contributed by atoms with Crippen LogP contribution in [-0.2, 0) is 0 Å². The minimum absolute atomic E-state index is 0.756. The molecule has 0 aromatic rings. The molecule has 0 saturated carbocycles. The molecule has 0 fully saturated rings. The van der Waals surface area contributed by atoms with Gasteiger partial charge in [0.25, 0.3) is 0 Å². The zero-order chi connectivity index (χ0) is 15.2. The molecule has 0 N–H and O–H groups in total. The third-order valence-electron chi connectivity index (χ3n) is 4.25. The van der Waals surface area contributed by atoms with E-state index in [1.807, 2.05) is 0 Å². The fourth-order valence-corrected chi connectivity index (χ4v) is 3.68. The van der Waals surface area contributed by atoms with Gasteiger partial charge in [-0.15, -0.1) is 0 Å². The molecule has 0 aromatic carbocycles. The van der Waals surface area contributed by atoms with E-state index in [0.717, 1.165) is 5.79 Å². The van der Waals surface area contributed by atoms with Gasteiger partial charge in [0.05, 0.1) is 0 Å². The van der Waals surface area contributed by atoms with Crippen molar-refractivity contribution in [3.63, 3.8) is 0 Å². The Morgan fingerprint density at radius 3 is 1.05 bits per heavy atom. The Balaban J connectivity index is 4.49. The third kappa shape index (κ3) is 9.14. The molecule has 0 aromatic heterocycles. The van der Waals surface area contributed by atoms with E-state index < -0.39 is 0 Å². The maximum atomic E-state index is 2.78. The van der Waals surface area contributed by atoms with Crippen molar-refractivity contribution in [3.8, 4) is 0 Å². The molecule has 2 nitrogen and oxygen atoms in total. The van der Waals surface area contributed by atoms with E-state index in [9.17, 15) is 0 Å². The number of hydrogen-bond acceptors (Lipinski definition) is 2. The van der Waals surface area contributed by atoms with E-state index in [2.05, 4.69) is 37.5 Å². The lowest BCUT2D eigenvalue weighted by Gasteiger charge is -2.38. The van der Waals surface area contributed by atoms with Crippen LogP contribution in [0.15, 0.2) is 0 Å². The van der Waals surface area contributed by atoms with Gasteiger partial charge in [-0.2, -0.15) is 0 Å². The SMILES string of the molecule is CCCCN(CCCC)C([SiH3])N(CCCC)CCCC. The highest BCUT2D eigenvalue weighted by Crippen LogP contribution is 2.10. The van der Waals surface area contributed by atoms with Crippen LogP contribution >= 0.6 is 0 Å². The summed E-state index contributed by atoms with van der Waals surface area (Å²) < 4.78 is 0. The lowest BCUT2D eigenvalue weighted by molar-refractivity contribution is 0.0927. The van der Waals surface area contributed by atoms with Crippen molar-refractivity contribution in [2.75, 3.05) is 26.2 Å². The molecular weight excluding hydrogens is 260 g/mol. The van der Waals surface area contributed by atoms with Crippen molar-refractivity contribution in [2.24, 2.45) is 0 Å². The second kappa shape index (κ2) is 14.1. The molecule has 0 atom stereocenters. The van der Waals surface area contributed by atoms with Crippen LogP contribution in [0.1, 0.15) is 79.1 Å². The highest BCUT2D eigenvalue weighted by atomic mass is 28.1. The van der Waals surface area contributed by atoms with Crippen molar-refractivity contribution in [1.82, 2.24) is 9.80 Å². The summed E-state index contributed by atoms with van der Waals surface area (Å²) in [4.78, 5) is 5.56. The highest BCUT2D eigenvalue weighted by molar-refractivity contribution is 6.11. The van der Waals surface area contributed by atoms with Crippen LogP contribution < -0.4 is 0 Å². The largest absolute Gasteiger partial charge is 0.292 e. The molecular formula is C17H40N2Si. The first-order valence-electron chi connectivity index (χ1n) is 9.19. The van der Waals surface area contributed by atoms with Gasteiger partial charge in [0.15, 0.2) is 0 Å². The molecule has 0 spiro atoms. The summed E-state index contributed by atoms with van der Waals surface area (Å²) in [5.74, 6) is 0.756. The van der Waals surface area contributed by atoms with E-state index in [0.29, 0.717) is 0 Å². The van der Waals surface area contributed by atoms with Gasteiger partial charge in [0.1, 0.15) is 0 Å². The van der Waals surface area contributed by atoms with Crippen molar-refractivity contribution >= 4 is 10.2 Å². The Morgan fingerprint density at radius 2 is 0.850 bits per heavy atom. The predicted molar refractivity (Wildman–Crippen MR) is 96.5 cm³/mol. The van der Waals surface area contributed by atoms with Crippen LogP contribution in [0.5, 0.6) is 0 Å². The number of rotatable bonds is 14. The van der Waals surface area contributed by atoms with Crippen molar-refractivity contribution in [2.45, 2.75) is 84.9 Å². The van der Waals surface area contributed by atoms with Gasteiger partial charge in [-0.05, 0) is 51.9 Å². The van der Waals surface area contributed by atoms with Crippen LogP contribution in [-0.4, -0.2) is 52.0 Å². The predicted octanol–water partition coefficient (Wildman–Crippen LogP) is 3.44. The Labute approximate surface area is 131 Å². The van der Waals surface area contributed by atoms with Crippen LogP contribution in [0.4, 0.5) is 0 Å². The minimum atomic E-state index is 0.756. The smallest absolute Gasteiger partial charge is 0.0428 e. The summed E-state index contributed by atoms with van der Waals surface area (Å²) in [6.45, 7) is 14.5. The Kier molecular flexibility index (Phi) is 14.2. The number of nitrogens with zero attached hydrogens (tertiary/aromatic N) is 2. The topological polar surface area (TPSA) is 6.48 Å². The second-order valence-corrected chi connectivity index (χ2v) is 7.15. The number of unbranched alkanes of at least 4 members (excludes halogenated alkanes) is 4. The molecule has 0 saturated heterocycles. The second-order valence-electron chi connectivity index (χ2n) is 6.12. The molecule has 20 heavy (non-hydrogen) atoms. The van der Waals surface area contributed by atoms with Crippen LogP contribution in [0.3, 0.4) is 0 Å². The third-order valence-corrected chi connectivity index (χ3v) is 5.71. The van der Waals surface area contributed by atoms with Crippen LogP contribution in [0, 0.1) is 0 Å². The highest BCUT2D eigenvalue weighted by Gasteiger charge is 2.19. The molecule has 0 bridgehead atoms. The Hall–Kier alpha value is 0.137. The van der Waals surface area contributed by atoms with E-state index in [1.54, 1.807) is 0 Å². The lowest BCUT2D eigenvalue weighted by atomic mass is 10.2. The summed E-state index contributed by atoms with van der Waals surface area (Å²) in [7, 11) is 1.27. The zero-order valence-corrected chi connectivity index (χ0v) is 17.0. The summed E-state index contributed by atoms with van der Waals surface area (Å²) in [5.41, 5.74) is 0. The van der Waals surface area contributed by atoms with E-state index >= 15 is 0 Å². The van der Waals surface area contributed by atoms with Crippen LogP contribution in [0.25, 0.3) is 0 Å². The molecule has 0 rings (SSSR count). The van der Waals surface area contributed by atoms with Gasteiger partial charge in [-0.25, -0.2) is 0 Å². The Bertz CT molecular complexity index is 163. The van der Waals surface area contributed by atoms with Gasteiger partial charge in [0.2, 0.25) is 0 Å². The quantitative estimate of drug-likeness (QED) is 0.358. The average Bonchev–Trinajstić information content (AvgIpc) is 2.47. The first-order valence-corrected chi connectivity index (χ1v) is 10.3. The first-order chi connectivity index (χ1) is 9.71. The van der Waals surface area contributed by atoms with Gasteiger partial charge in [-0.1, -0.05) is 53.4 Å². The standard InChI is InChI=1S/C17H40N2Si/c1-5-9-13-18(14-10-6-2)17(20)19(15-11-7-3)16-12-8-4/h17H,5-16H2,1-4,20H3. The molecule has 0 radical (unpaired) electrons. The fourth-order valence-electron chi connectivity index (χ4n) is 2.65.